The van der Waals surface area contributed by atoms with Crippen molar-refractivity contribution in [2.45, 2.75) is 32.0 Å². The van der Waals surface area contributed by atoms with Crippen molar-refractivity contribution in [2.75, 3.05) is 33.4 Å². The van der Waals surface area contributed by atoms with Gasteiger partial charge in [-0.25, -0.2) is 9.78 Å². The van der Waals surface area contributed by atoms with Gasteiger partial charge >= 0.3 is 12.2 Å². The number of carbonyl (C=O) groups excluding carboxylic acids is 1. The average Bonchev–Trinajstić information content (AvgIpc) is 2.65. The SMILES string of the molecule is COc1cccc(CNC(=O)N2CCC(C(F)(F)F)C3(CCOCC3)C2)n1. The number of nitrogens with zero attached hydrogens (tertiary/aromatic N) is 2. The van der Waals surface area contributed by atoms with E-state index in [4.69, 9.17) is 9.47 Å². The van der Waals surface area contributed by atoms with E-state index in [0.29, 0.717) is 37.6 Å². The van der Waals surface area contributed by atoms with Gasteiger partial charge in [-0.2, -0.15) is 13.2 Å². The van der Waals surface area contributed by atoms with Crippen LogP contribution in [0.5, 0.6) is 5.88 Å². The summed E-state index contributed by atoms with van der Waals surface area (Å²) in [5.74, 6) is -0.952. The molecule has 0 saturated carbocycles. The first-order valence-corrected chi connectivity index (χ1v) is 9.01. The van der Waals surface area contributed by atoms with Crippen LogP contribution in [0, 0.1) is 11.3 Å². The van der Waals surface area contributed by atoms with Gasteiger partial charge in [0.25, 0.3) is 0 Å². The summed E-state index contributed by atoms with van der Waals surface area (Å²) in [5, 5.41) is 2.75. The highest BCUT2D eigenvalue weighted by molar-refractivity contribution is 5.74. The molecule has 3 rings (SSSR count). The number of halogens is 3. The van der Waals surface area contributed by atoms with Crippen molar-refractivity contribution in [1.29, 1.82) is 0 Å². The summed E-state index contributed by atoms with van der Waals surface area (Å²) in [6.45, 7) is 0.971. The Morgan fingerprint density at radius 2 is 2.15 bits per heavy atom. The van der Waals surface area contributed by atoms with Gasteiger partial charge in [-0.3, -0.25) is 0 Å². The smallest absolute Gasteiger partial charge is 0.392 e. The van der Waals surface area contributed by atoms with Crippen molar-refractivity contribution in [3.05, 3.63) is 23.9 Å². The van der Waals surface area contributed by atoms with Gasteiger partial charge in [0.2, 0.25) is 5.88 Å². The quantitative estimate of drug-likeness (QED) is 0.866. The Hall–Kier alpha value is -2.03. The van der Waals surface area contributed by atoms with Crippen molar-refractivity contribution >= 4 is 6.03 Å². The standard InChI is InChI=1S/C18H24F3N3O3/c1-26-15-4-2-3-13(23-15)11-22-16(25)24-8-5-14(18(19,20)21)17(12-24)6-9-27-10-7-17/h2-4,14H,5-12H2,1H3,(H,22,25). The number of aromatic nitrogens is 1. The third-order valence-corrected chi connectivity index (χ3v) is 5.51. The number of urea groups is 1. The van der Waals surface area contributed by atoms with Crippen LogP contribution in [0.25, 0.3) is 0 Å². The Kier molecular flexibility index (Phi) is 5.78. The Balaban J connectivity index is 1.65. The summed E-state index contributed by atoms with van der Waals surface area (Å²) in [6.07, 6.45) is -3.70. The number of alkyl halides is 3. The Morgan fingerprint density at radius 1 is 1.41 bits per heavy atom. The zero-order chi connectivity index (χ0) is 19.5. The first kappa shape index (κ1) is 19.7. The summed E-state index contributed by atoms with van der Waals surface area (Å²) < 4.78 is 51.0. The molecule has 2 aliphatic rings. The molecule has 1 unspecified atom stereocenters. The summed E-state index contributed by atoms with van der Waals surface area (Å²) in [6, 6.07) is 4.84. The molecule has 2 saturated heterocycles. The maximum atomic E-state index is 13.6. The minimum absolute atomic E-state index is 0.0751. The van der Waals surface area contributed by atoms with Crippen LogP contribution in [0.1, 0.15) is 25.0 Å². The lowest BCUT2D eigenvalue weighted by Crippen LogP contribution is -2.58. The van der Waals surface area contributed by atoms with E-state index in [1.807, 2.05) is 0 Å². The number of pyridine rings is 1. The molecule has 2 amide bonds. The Bertz CT molecular complexity index is 663. The van der Waals surface area contributed by atoms with Gasteiger partial charge in [-0.05, 0) is 25.3 Å². The largest absolute Gasteiger partial charge is 0.481 e. The van der Waals surface area contributed by atoms with E-state index in [1.54, 1.807) is 18.2 Å². The van der Waals surface area contributed by atoms with E-state index in [-0.39, 0.29) is 32.1 Å². The number of methoxy groups -OCH3 is 1. The monoisotopic (exact) mass is 387 g/mol. The molecule has 1 atom stereocenters. The van der Waals surface area contributed by atoms with Crippen LogP contribution >= 0.6 is 0 Å². The van der Waals surface area contributed by atoms with E-state index in [1.165, 1.54) is 12.0 Å². The Morgan fingerprint density at radius 3 is 2.81 bits per heavy atom. The van der Waals surface area contributed by atoms with Gasteiger partial charge in [0.1, 0.15) is 0 Å². The molecule has 0 radical (unpaired) electrons. The van der Waals surface area contributed by atoms with Gasteiger partial charge in [0, 0.05) is 37.8 Å². The lowest BCUT2D eigenvalue weighted by atomic mass is 9.66. The van der Waals surface area contributed by atoms with Crippen molar-refractivity contribution in [3.63, 3.8) is 0 Å². The van der Waals surface area contributed by atoms with E-state index in [0.717, 1.165) is 0 Å². The lowest BCUT2D eigenvalue weighted by Gasteiger charge is -2.50. The van der Waals surface area contributed by atoms with Crippen LogP contribution in [0.3, 0.4) is 0 Å². The number of ether oxygens (including phenoxy) is 2. The summed E-state index contributed by atoms with van der Waals surface area (Å²) in [5.41, 5.74) is -0.339. The number of piperidine rings is 1. The zero-order valence-corrected chi connectivity index (χ0v) is 15.2. The molecule has 1 N–H and O–H groups in total. The Labute approximate surface area is 156 Å². The second kappa shape index (κ2) is 7.92. The van der Waals surface area contributed by atoms with Crippen LogP contribution < -0.4 is 10.1 Å². The van der Waals surface area contributed by atoms with E-state index in [9.17, 15) is 18.0 Å². The molecule has 0 aromatic carbocycles. The molecule has 27 heavy (non-hydrogen) atoms. The minimum atomic E-state index is -4.26. The van der Waals surface area contributed by atoms with Gasteiger partial charge in [0.05, 0.1) is 25.3 Å². The summed E-state index contributed by atoms with van der Waals surface area (Å²) >= 11 is 0. The normalized spacial score (nSPS) is 22.5. The third-order valence-electron chi connectivity index (χ3n) is 5.51. The molecule has 9 heteroatoms. The van der Waals surface area contributed by atoms with E-state index >= 15 is 0 Å². The molecule has 0 aliphatic carbocycles. The minimum Gasteiger partial charge on any atom is -0.481 e. The molecule has 1 spiro atoms. The number of hydrogen-bond acceptors (Lipinski definition) is 4. The predicted octanol–water partition coefficient (Wildman–Crippen LogP) is 2.98. The molecular formula is C18H24F3N3O3. The molecule has 1 aromatic heterocycles. The number of rotatable bonds is 3. The maximum Gasteiger partial charge on any atom is 0.392 e. The van der Waals surface area contributed by atoms with Crippen LogP contribution in [-0.4, -0.2) is 55.5 Å². The first-order chi connectivity index (χ1) is 12.8. The number of amides is 2. The van der Waals surface area contributed by atoms with Crippen LogP contribution in [-0.2, 0) is 11.3 Å². The van der Waals surface area contributed by atoms with Gasteiger partial charge in [-0.15, -0.1) is 0 Å². The van der Waals surface area contributed by atoms with Gasteiger partial charge in [-0.1, -0.05) is 6.07 Å². The molecule has 0 bridgehead atoms. The molecule has 150 valence electrons. The number of carbonyl (C=O) groups is 1. The van der Waals surface area contributed by atoms with E-state index < -0.39 is 17.5 Å². The second-order valence-electron chi connectivity index (χ2n) is 7.11. The highest BCUT2D eigenvalue weighted by atomic mass is 19.4. The van der Waals surface area contributed by atoms with Crippen molar-refractivity contribution in [1.82, 2.24) is 15.2 Å². The fourth-order valence-corrected chi connectivity index (χ4v) is 4.08. The number of hydrogen-bond donors (Lipinski definition) is 1. The van der Waals surface area contributed by atoms with Crippen molar-refractivity contribution in [2.24, 2.45) is 11.3 Å². The molecule has 2 aliphatic heterocycles. The van der Waals surface area contributed by atoms with Crippen molar-refractivity contribution in [3.8, 4) is 5.88 Å². The lowest BCUT2D eigenvalue weighted by molar-refractivity contribution is -0.232. The summed E-state index contributed by atoms with van der Waals surface area (Å²) in [7, 11) is 1.50. The fraction of sp³-hybridized carbons (Fsp3) is 0.667. The zero-order valence-electron chi connectivity index (χ0n) is 15.2. The molecular weight excluding hydrogens is 363 g/mol. The van der Waals surface area contributed by atoms with Crippen LogP contribution in [0.4, 0.5) is 18.0 Å². The van der Waals surface area contributed by atoms with Crippen LogP contribution in [0.2, 0.25) is 0 Å². The van der Waals surface area contributed by atoms with Gasteiger partial charge < -0.3 is 19.7 Å². The highest BCUT2D eigenvalue weighted by Gasteiger charge is 2.56. The van der Waals surface area contributed by atoms with Gasteiger partial charge in [0.15, 0.2) is 0 Å². The predicted molar refractivity (Wildman–Crippen MR) is 91.2 cm³/mol. The van der Waals surface area contributed by atoms with Crippen molar-refractivity contribution < 1.29 is 27.4 Å². The fourth-order valence-electron chi connectivity index (χ4n) is 4.08. The first-order valence-electron chi connectivity index (χ1n) is 9.01. The second-order valence-corrected chi connectivity index (χ2v) is 7.11. The number of nitrogens with one attached hydrogen (secondary N) is 1. The topological polar surface area (TPSA) is 63.7 Å². The van der Waals surface area contributed by atoms with Crippen LogP contribution in [0.15, 0.2) is 18.2 Å². The molecule has 1 aromatic rings. The summed E-state index contributed by atoms with van der Waals surface area (Å²) in [4.78, 5) is 18.3. The maximum absolute atomic E-state index is 13.6. The van der Waals surface area contributed by atoms with E-state index in [2.05, 4.69) is 10.3 Å². The third kappa shape index (κ3) is 4.45. The highest BCUT2D eigenvalue weighted by Crippen LogP contribution is 2.50. The number of likely N-dealkylation sites (tertiary alicyclic amines) is 1. The average molecular weight is 387 g/mol. The molecule has 2 fully saturated rings. The molecule has 3 heterocycles. The molecule has 6 nitrogen and oxygen atoms in total.